The van der Waals surface area contributed by atoms with Crippen molar-refractivity contribution in [1.29, 1.82) is 0 Å². The zero-order chi connectivity index (χ0) is 11.8. The highest BCUT2D eigenvalue weighted by atomic mass is 16.3. The molecule has 0 aliphatic heterocycles. The summed E-state index contributed by atoms with van der Waals surface area (Å²) in [7, 11) is 1.70. The Morgan fingerprint density at radius 1 is 1.38 bits per heavy atom. The first kappa shape index (κ1) is 12.2. The van der Waals surface area contributed by atoms with E-state index >= 15 is 0 Å². The molecule has 0 amide bonds. The molecule has 0 atom stereocenters. The van der Waals surface area contributed by atoms with Crippen LogP contribution < -0.4 is 0 Å². The van der Waals surface area contributed by atoms with Crippen LogP contribution in [-0.2, 0) is 0 Å². The molecule has 0 saturated carbocycles. The van der Waals surface area contributed by atoms with Crippen LogP contribution in [0.1, 0.15) is 24.9 Å². The summed E-state index contributed by atoms with van der Waals surface area (Å²) in [5.41, 5.74) is 0.851. The van der Waals surface area contributed by atoms with Crippen molar-refractivity contribution in [3.63, 3.8) is 0 Å². The molecule has 0 N–H and O–H groups in total. The summed E-state index contributed by atoms with van der Waals surface area (Å²) < 4.78 is 5.44. The second-order valence-corrected chi connectivity index (χ2v) is 3.13. The highest BCUT2D eigenvalue weighted by Gasteiger charge is 1.96. The Bertz CT molecular complexity index is 425. The molecular weight excluding hydrogens is 200 g/mol. The van der Waals surface area contributed by atoms with E-state index < -0.39 is 0 Å². The van der Waals surface area contributed by atoms with Gasteiger partial charge >= 0.3 is 0 Å². The predicted molar refractivity (Wildman–Crippen MR) is 68.4 cm³/mol. The Balaban J connectivity index is 2.75. The molecule has 16 heavy (non-hydrogen) atoms. The summed E-state index contributed by atoms with van der Waals surface area (Å²) >= 11 is 0. The molecule has 0 bridgehead atoms. The van der Waals surface area contributed by atoms with Gasteiger partial charge in [0.25, 0.3) is 0 Å². The molecule has 0 aliphatic carbocycles. The fraction of sp³-hybridized carbons (Fsp3) is 0.231. The zero-order valence-electron chi connectivity index (χ0n) is 9.68. The molecule has 3 nitrogen and oxygen atoms in total. The van der Waals surface area contributed by atoms with Crippen molar-refractivity contribution in [2.24, 2.45) is 9.98 Å². The largest absolute Gasteiger partial charge is 0.454 e. The number of hydrogen-bond donors (Lipinski definition) is 0. The molecule has 3 heteroatoms. The molecule has 1 aromatic heterocycles. The van der Waals surface area contributed by atoms with Gasteiger partial charge in [-0.05, 0) is 24.6 Å². The van der Waals surface area contributed by atoms with Crippen molar-refractivity contribution < 1.29 is 4.42 Å². The molecule has 84 valence electrons. The molecule has 1 heterocycles. The Hall–Kier alpha value is -1.90. The van der Waals surface area contributed by atoms with Gasteiger partial charge in [-0.3, -0.25) is 9.98 Å². The van der Waals surface area contributed by atoms with Crippen LogP contribution in [0.3, 0.4) is 0 Å². The monoisotopic (exact) mass is 216 g/mol. The van der Waals surface area contributed by atoms with Gasteiger partial charge in [0.1, 0.15) is 11.5 Å². The van der Waals surface area contributed by atoms with Crippen LogP contribution in [0.4, 0.5) is 0 Å². The Morgan fingerprint density at radius 3 is 2.62 bits per heavy atom. The molecule has 1 rings (SSSR count). The second kappa shape index (κ2) is 6.56. The first-order chi connectivity index (χ1) is 7.80. The topological polar surface area (TPSA) is 37.9 Å². The van der Waals surface area contributed by atoms with Crippen LogP contribution in [-0.4, -0.2) is 19.5 Å². The normalized spacial score (nSPS) is 12.8. The smallest absolute Gasteiger partial charge is 0.145 e. The van der Waals surface area contributed by atoms with Gasteiger partial charge in [-0.25, -0.2) is 0 Å². The molecule has 0 unspecified atom stereocenters. The van der Waals surface area contributed by atoms with Crippen LogP contribution >= 0.6 is 0 Å². The van der Waals surface area contributed by atoms with Gasteiger partial charge in [-0.1, -0.05) is 19.6 Å². The number of hydrogen-bond acceptors (Lipinski definition) is 3. The summed E-state index contributed by atoms with van der Waals surface area (Å²) in [4.78, 5) is 8.12. The fourth-order valence-corrected chi connectivity index (χ4v) is 1.17. The van der Waals surface area contributed by atoms with Crippen molar-refractivity contribution >= 4 is 12.4 Å². The maximum Gasteiger partial charge on any atom is 0.145 e. The number of rotatable bonds is 5. The van der Waals surface area contributed by atoms with Gasteiger partial charge in [-0.2, -0.15) is 0 Å². The van der Waals surface area contributed by atoms with Crippen molar-refractivity contribution in [3.8, 4) is 0 Å². The molecule has 1 aromatic rings. The van der Waals surface area contributed by atoms with Crippen molar-refractivity contribution in [2.45, 2.75) is 13.3 Å². The molecule has 0 radical (unpaired) electrons. The summed E-state index contributed by atoms with van der Waals surface area (Å²) in [5, 5.41) is 0. The average Bonchev–Trinajstić information content (AvgIpc) is 2.72. The molecule has 0 aromatic carbocycles. The molecule has 0 fully saturated rings. The van der Waals surface area contributed by atoms with Crippen molar-refractivity contribution in [3.05, 3.63) is 48.1 Å². The third-order valence-corrected chi connectivity index (χ3v) is 1.87. The standard InChI is InChI=1S/C13H16N2O/c1-4-6-11(5-2)15-10-13-8-7-12(16-13)9-14-3/h5-10H,2,4H2,1,3H3/b11-6+,14-9?,15-10?. The van der Waals surface area contributed by atoms with Crippen molar-refractivity contribution in [2.75, 3.05) is 7.05 Å². The maximum absolute atomic E-state index is 5.44. The average molecular weight is 216 g/mol. The lowest BCUT2D eigenvalue weighted by molar-refractivity contribution is 0.553. The Kier molecular flexibility index (Phi) is 4.99. The fourth-order valence-electron chi connectivity index (χ4n) is 1.17. The van der Waals surface area contributed by atoms with Crippen LogP contribution in [0.25, 0.3) is 0 Å². The Morgan fingerprint density at radius 2 is 2.06 bits per heavy atom. The van der Waals surface area contributed by atoms with Crippen molar-refractivity contribution in [1.82, 2.24) is 0 Å². The van der Waals surface area contributed by atoms with Gasteiger partial charge in [-0.15, -0.1) is 0 Å². The number of aliphatic imine (C=N–C) groups is 2. The lowest BCUT2D eigenvalue weighted by Gasteiger charge is -1.90. The van der Waals surface area contributed by atoms with E-state index in [1.807, 2.05) is 18.2 Å². The van der Waals surface area contributed by atoms with Gasteiger partial charge in [0.05, 0.1) is 18.1 Å². The number of furan rings is 1. The van der Waals surface area contributed by atoms with Crippen LogP contribution in [0.5, 0.6) is 0 Å². The molecular formula is C13H16N2O. The molecule has 0 spiro atoms. The van der Waals surface area contributed by atoms with E-state index in [0.29, 0.717) is 5.76 Å². The van der Waals surface area contributed by atoms with E-state index in [-0.39, 0.29) is 0 Å². The minimum Gasteiger partial charge on any atom is -0.454 e. The maximum atomic E-state index is 5.44. The van der Waals surface area contributed by atoms with E-state index in [0.717, 1.165) is 17.9 Å². The van der Waals surface area contributed by atoms with Gasteiger partial charge in [0, 0.05) is 7.05 Å². The quantitative estimate of drug-likeness (QED) is 0.550. The lowest BCUT2D eigenvalue weighted by Crippen LogP contribution is -1.78. The van der Waals surface area contributed by atoms with Gasteiger partial charge in [0.2, 0.25) is 0 Å². The first-order valence-corrected chi connectivity index (χ1v) is 5.18. The summed E-state index contributed by atoms with van der Waals surface area (Å²) in [5.74, 6) is 1.43. The summed E-state index contributed by atoms with van der Waals surface area (Å²) in [6, 6.07) is 3.71. The number of nitrogens with zero attached hydrogens (tertiary/aromatic N) is 2. The molecule has 0 saturated heterocycles. The third-order valence-electron chi connectivity index (χ3n) is 1.87. The zero-order valence-corrected chi connectivity index (χ0v) is 9.68. The SMILES string of the molecule is C=C/C(=C\CC)N=Cc1ccc(C=NC)o1. The van der Waals surface area contributed by atoms with E-state index in [4.69, 9.17) is 4.42 Å². The van der Waals surface area contributed by atoms with Gasteiger partial charge in [0.15, 0.2) is 0 Å². The minimum atomic E-state index is 0.707. The highest BCUT2D eigenvalue weighted by Crippen LogP contribution is 2.05. The minimum absolute atomic E-state index is 0.707. The van der Waals surface area contributed by atoms with Crippen LogP contribution in [0, 0.1) is 0 Å². The summed E-state index contributed by atoms with van der Waals surface area (Å²) in [6.45, 7) is 5.75. The summed E-state index contributed by atoms with van der Waals surface area (Å²) in [6.07, 6.45) is 7.99. The third kappa shape index (κ3) is 3.69. The Labute approximate surface area is 95.9 Å². The highest BCUT2D eigenvalue weighted by molar-refractivity contribution is 5.81. The predicted octanol–water partition coefficient (Wildman–Crippen LogP) is 3.23. The first-order valence-electron chi connectivity index (χ1n) is 5.18. The van der Waals surface area contributed by atoms with E-state index in [1.54, 1.807) is 25.6 Å². The van der Waals surface area contributed by atoms with Crippen LogP contribution in [0.2, 0.25) is 0 Å². The van der Waals surface area contributed by atoms with Gasteiger partial charge < -0.3 is 4.42 Å². The molecule has 0 aliphatic rings. The second-order valence-electron chi connectivity index (χ2n) is 3.13. The van der Waals surface area contributed by atoms with E-state index in [9.17, 15) is 0 Å². The number of allylic oxidation sites excluding steroid dienone is 2. The van der Waals surface area contributed by atoms with E-state index in [2.05, 4.69) is 23.5 Å². The van der Waals surface area contributed by atoms with E-state index in [1.165, 1.54) is 0 Å². The van der Waals surface area contributed by atoms with Crippen LogP contribution in [0.15, 0.2) is 51.0 Å². The lowest BCUT2D eigenvalue weighted by atomic mass is 10.3.